The van der Waals surface area contributed by atoms with Crippen molar-refractivity contribution in [1.29, 1.82) is 0 Å². The first kappa shape index (κ1) is 21.7. The van der Waals surface area contributed by atoms with Gasteiger partial charge in [-0.15, -0.1) is 0 Å². The molecule has 0 saturated carbocycles. The first-order valence-electron chi connectivity index (χ1n) is 8.71. The van der Waals surface area contributed by atoms with Gasteiger partial charge in [-0.3, -0.25) is 14.9 Å². The number of rotatable bonds is 6. The minimum absolute atomic E-state index is 0.0764. The number of hydrogen-bond acceptors (Lipinski definition) is 4. The molecule has 0 fully saturated rings. The van der Waals surface area contributed by atoms with Gasteiger partial charge in [0.05, 0.1) is 23.4 Å². The summed E-state index contributed by atoms with van der Waals surface area (Å²) in [5, 5.41) is 8.76. The minimum Gasteiger partial charge on any atom is -0.496 e. The number of para-hydroxylation sites is 1. The summed E-state index contributed by atoms with van der Waals surface area (Å²) in [6.07, 6.45) is 1.18. The van der Waals surface area contributed by atoms with Crippen molar-refractivity contribution < 1.29 is 14.3 Å². The normalized spacial score (nSPS) is 10.1. The topological polar surface area (TPSA) is 79.5 Å². The molecule has 0 heterocycles. The maximum Gasteiger partial charge on any atom is 0.261 e. The fraction of sp³-hybridized carbons (Fsp3) is 0.250. The molecule has 0 bridgehead atoms. The zero-order valence-corrected chi connectivity index (χ0v) is 17.5. The Kier molecular flexibility index (Phi) is 7.78. The predicted molar refractivity (Wildman–Crippen MR) is 116 cm³/mol. The molecular weight excluding hydrogens is 398 g/mol. The van der Waals surface area contributed by atoms with E-state index in [1.54, 1.807) is 30.3 Å². The number of benzene rings is 2. The lowest BCUT2D eigenvalue weighted by molar-refractivity contribution is -0.116. The number of carbonyl (C=O) groups is 2. The Morgan fingerprint density at radius 2 is 1.93 bits per heavy atom. The molecule has 2 rings (SSSR count). The van der Waals surface area contributed by atoms with E-state index in [-0.39, 0.29) is 11.0 Å². The van der Waals surface area contributed by atoms with E-state index in [0.29, 0.717) is 34.1 Å². The maximum absolute atomic E-state index is 12.5. The van der Waals surface area contributed by atoms with E-state index in [4.69, 9.17) is 28.6 Å². The second-order valence-corrected chi connectivity index (χ2v) is 6.87. The van der Waals surface area contributed by atoms with Crippen molar-refractivity contribution in [2.24, 2.45) is 0 Å². The van der Waals surface area contributed by atoms with E-state index < -0.39 is 5.91 Å². The Bertz CT molecular complexity index is 902. The molecule has 148 valence electrons. The summed E-state index contributed by atoms with van der Waals surface area (Å²) in [5.74, 6) is 0.00114. The summed E-state index contributed by atoms with van der Waals surface area (Å²) in [4.78, 5) is 24.3. The highest BCUT2D eigenvalue weighted by Crippen LogP contribution is 2.26. The quantitative estimate of drug-likeness (QED) is 0.600. The van der Waals surface area contributed by atoms with Crippen molar-refractivity contribution in [3.8, 4) is 5.75 Å². The van der Waals surface area contributed by atoms with Gasteiger partial charge in [0.25, 0.3) is 5.91 Å². The van der Waals surface area contributed by atoms with Crippen molar-refractivity contribution in [3.05, 3.63) is 52.5 Å². The first-order chi connectivity index (χ1) is 13.3. The highest BCUT2D eigenvalue weighted by Gasteiger charge is 2.15. The number of ether oxygens (including phenoxy) is 1. The van der Waals surface area contributed by atoms with E-state index in [9.17, 15) is 9.59 Å². The van der Waals surface area contributed by atoms with Gasteiger partial charge in [-0.05, 0) is 55.4 Å². The van der Waals surface area contributed by atoms with Gasteiger partial charge in [-0.2, -0.15) is 0 Å². The molecule has 0 radical (unpaired) electrons. The molecule has 0 atom stereocenters. The fourth-order valence-electron chi connectivity index (χ4n) is 2.58. The largest absolute Gasteiger partial charge is 0.496 e. The average molecular weight is 420 g/mol. The van der Waals surface area contributed by atoms with Gasteiger partial charge in [-0.25, -0.2) is 0 Å². The Labute approximate surface area is 174 Å². The molecule has 3 N–H and O–H groups in total. The molecule has 0 aliphatic carbocycles. The number of anilines is 2. The molecule has 0 spiro atoms. The minimum atomic E-state index is -0.401. The molecule has 0 aliphatic heterocycles. The monoisotopic (exact) mass is 419 g/mol. The van der Waals surface area contributed by atoms with E-state index in [1.165, 1.54) is 7.11 Å². The number of nitrogens with one attached hydrogen (secondary N) is 3. The van der Waals surface area contributed by atoms with Gasteiger partial charge in [0, 0.05) is 12.1 Å². The van der Waals surface area contributed by atoms with Crippen LogP contribution < -0.4 is 20.7 Å². The van der Waals surface area contributed by atoms with E-state index in [1.807, 2.05) is 19.9 Å². The summed E-state index contributed by atoms with van der Waals surface area (Å²) >= 11 is 11.4. The summed E-state index contributed by atoms with van der Waals surface area (Å²) in [7, 11) is 1.51. The Morgan fingerprint density at radius 3 is 2.61 bits per heavy atom. The summed E-state index contributed by atoms with van der Waals surface area (Å²) in [6.45, 7) is 3.78. The number of methoxy groups -OCH3 is 1. The third-order valence-corrected chi connectivity index (χ3v) is 4.40. The third-order valence-electron chi connectivity index (χ3n) is 3.86. The number of thiocarbonyl (C=S) groups is 1. The molecule has 0 unspecified atom stereocenters. The molecule has 8 heteroatoms. The van der Waals surface area contributed by atoms with Crippen molar-refractivity contribution in [1.82, 2.24) is 5.32 Å². The van der Waals surface area contributed by atoms with Gasteiger partial charge in [0.1, 0.15) is 5.75 Å². The summed E-state index contributed by atoms with van der Waals surface area (Å²) in [5.41, 5.74) is 2.27. The zero-order chi connectivity index (χ0) is 20.7. The van der Waals surface area contributed by atoms with Gasteiger partial charge < -0.3 is 15.4 Å². The fourth-order valence-corrected chi connectivity index (χ4v) is 2.94. The summed E-state index contributed by atoms with van der Waals surface area (Å²) in [6, 6.07) is 10.3. The highest BCUT2D eigenvalue weighted by atomic mass is 35.5. The maximum atomic E-state index is 12.5. The van der Waals surface area contributed by atoms with Crippen molar-refractivity contribution in [3.63, 3.8) is 0 Å². The second-order valence-electron chi connectivity index (χ2n) is 6.06. The SMILES string of the molecule is CCCC(=O)Nc1ccc(Cl)c(NC(=S)NC(=O)c2cccc(C)c2OC)c1. The van der Waals surface area contributed by atoms with Crippen LogP contribution in [0, 0.1) is 6.92 Å². The van der Waals surface area contributed by atoms with Crippen LogP contribution >= 0.6 is 23.8 Å². The first-order valence-corrected chi connectivity index (χ1v) is 9.49. The van der Waals surface area contributed by atoms with Gasteiger partial charge >= 0.3 is 0 Å². The van der Waals surface area contributed by atoms with Crippen LogP contribution in [0.3, 0.4) is 0 Å². The third kappa shape index (κ3) is 5.68. The molecule has 2 amide bonds. The Balaban J connectivity index is 2.09. The molecule has 0 saturated heterocycles. The van der Waals surface area contributed by atoms with Crippen LogP contribution in [0.15, 0.2) is 36.4 Å². The van der Waals surface area contributed by atoms with Gasteiger partial charge in [0.15, 0.2) is 5.11 Å². The summed E-state index contributed by atoms with van der Waals surface area (Å²) < 4.78 is 5.30. The molecule has 0 aromatic heterocycles. The molecular formula is C20H22ClN3O3S. The van der Waals surface area contributed by atoms with Crippen LogP contribution in [0.25, 0.3) is 0 Å². The lowest BCUT2D eigenvalue weighted by Crippen LogP contribution is -2.34. The van der Waals surface area contributed by atoms with Crippen molar-refractivity contribution in [2.75, 3.05) is 17.7 Å². The van der Waals surface area contributed by atoms with Crippen LogP contribution in [-0.4, -0.2) is 24.0 Å². The smallest absolute Gasteiger partial charge is 0.261 e. The Hall–Kier alpha value is -2.64. The lowest BCUT2D eigenvalue weighted by Gasteiger charge is -2.14. The molecule has 0 aliphatic rings. The average Bonchev–Trinajstić information content (AvgIpc) is 2.64. The molecule has 6 nitrogen and oxygen atoms in total. The van der Waals surface area contributed by atoms with Crippen molar-refractivity contribution in [2.45, 2.75) is 26.7 Å². The van der Waals surface area contributed by atoms with Crippen LogP contribution in [-0.2, 0) is 4.79 Å². The second kappa shape index (κ2) is 10.1. The zero-order valence-electron chi connectivity index (χ0n) is 15.9. The van der Waals surface area contributed by atoms with Crippen molar-refractivity contribution >= 4 is 52.1 Å². The highest BCUT2D eigenvalue weighted by molar-refractivity contribution is 7.80. The number of aryl methyl sites for hydroxylation is 1. The number of carbonyl (C=O) groups excluding carboxylic acids is 2. The number of hydrogen-bond donors (Lipinski definition) is 3. The lowest BCUT2D eigenvalue weighted by atomic mass is 10.1. The van der Waals surface area contributed by atoms with Gasteiger partial charge in [0.2, 0.25) is 5.91 Å². The van der Waals surface area contributed by atoms with E-state index >= 15 is 0 Å². The van der Waals surface area contributed by atoms with Crippen LogP contribution in [0.1, 0.15) is 35.7 Å². The number of halogens is 1. The molecule has 2 aromatic rings. The number of amides is 2. The van der Waals surface area contributed by atoms with E-state index in [0.717, 1.165) is 12.0 Å². The molecule has 28 heavy (non-hydrogen) atoms. The van der Waals surface area contributed by atoms with Crippen LogP contribution in [0.2, 0.25) is 5.02 Å². The Morgan fingerprint density at radius 1 is 1.18 bits per heavy atom. The van der Waals surface area contributed by atoms with Crippen LogP contribution in [0.4, 0.5) is 11.4 Å². The van der Waals surface area contributed by atoms with Gasteiger partial charge in [-0.1, -0.05) is 30.7 Å². The van der Waals surface area contributed by atoms with E-state index in [2.05, 4.69) is 16.0 Å². The standard InChI is InChI=1S/C20H22ClN3O3S/c1-4-6-17(25)22-13-9-10-15(21)16(11-13)23-20(28)24-19(26)14-8-5-7-12(2)18(14)27-3/h5,7-11H,4,6H2,1-3H3,(H,22,25)(H2,23,24,26,28). The van der Waals surface area contributed by atoms with Crippen LogP contribution in [0.5, 0.6) is 5.75 Å². The molecule has 2 aromatic carbocycles. The predicted octanol–water partition coefficient (Wildman–Crippen LogP) is 4.52.